The van der Waals surface area contributed by atoms with Gasteiger partial charge in [0, 0.05) is 32.4 Å². The quantitative estimate of drug-likeness (QED) is 0.0215. The second kappa shape index (κ2) is 28.2. The normalized spacial score (nSPS) is 33.5. The van der Waals surface area contributed by atoms with Crippen LogP contribution in [-0.4, -0.2) is 236 Å². The highest BCUT2D eigenvalue weighted by molar-refractivity contribution is 5.90. The maximum Gasteiger partial charge on any atom is 0.338 e. The molecule has 0 unspecified atom stereocenters. The molecule has 11 N–H and O–H groups in total. The third-order valence-electron chi connectivity index (χ3n) is 13.4. The summed E-state index contributed by atoms with van der Waals surface area (Å²) in [5, 5.41) is 120. The van der Waals surface area contributed by atoms with Crippen molar-refractivity contribution in [3.63, 3.8) is 0 Å². The van der Waals surface area contributed by atoms with Crippen molar-refractivity contribution in [3.05, 3.63) is 102 Å². The lowest BCUT2D eigenvalue weighted by Gasteiger charge is -2.53. The summed E-state index contributed by atoms with van der Waals surface area (Å²) >= 11 is 0. The molecular formula is C54H64O29. The van der Waals surface area contributed by atoms with Gasteiger partial charge in [0.2, 0.25) is 5.79 Å². The number of esters is 5. The van der Waals surface area contributed by atoms with E-state index in [2.05, 4.69) is 0 Å². The minimum atomic E-state index is -3.16. The molecule has 7 rings (SSSR count). The van der Waals surface area contributed by atoms with E-state index in [1.165, 1.54) is 79.9 Å². The molecule has 18 atom stereocenters. The van der Waals surface area contributed by atoms with E-state index in [1.54, 1.807) is 6.07 Å². The highest BCUT2D eigenvalue weighted by atomic mass is 16.9. The fourth-order valence-corrected chi connectivity index (χ4v) is 9.11. The summed E-state index contributed by atoms with van der Waals surface area (Å²) in [5.41, 5.74) is 0.447. The van der Waals surface area contributed by atoms with Gasteiger partial charge in [-0.3, -0.25) is 9.59 Å². The summed E-state index contributed by atoms with van der Waals surface area (Å²) in [4.78, 5) is 66.8. The van der Waals surface area contributed by atoms with Gasteiger partial charge in [-0.15, -0.1) is 0 Å². The number of phenolic OH excluding ortho intramolecular Hbond substituents is 2. The Bertz CT molecular complexity index is 2740. The number of carbonyl (C=O) groups is 5. The second-order valence-electron chi connectivity index (χ2n) is 19.3. The highest BCUT2D eigenvalue weighted by Gasteiger charge is 2.66. The molecule has 4 fully saturated rings. The van der Waals surface area contributed by atoms with Crippen molar-refractivity contribution in [2.75, 3.05) is 40.1 Å². The standard InChI is InChI=1S/C54H64O29/c1-26(57)72-23-32-20-53(81-39(62)18-13-29-11-16-33(60)34(19-29)71-3,82-51-46(69)44(67)41(64)37(77-51)24-73-27(2)58)48(79-50-45(68)43(66)40(63)35(21-55)76-50)52(75-32)83-54(25-74-38(61)17-12-28-9-14-31(59)15-10-28)47(42(65)36(22-56)80-54)78-49(70)30-7-5-4-6-8-30/h4-19,32,35-37,40-48,50-52,55-56,59-60,63-69H,20-25H2,1-3H3/t32-,35+,36+,37+,40+,41+,42+,43-,44-,45+,46+,47-,48-,50+,51-,52+,53-,54-/m0/s1. The number of phenols is 2. The molecule has 29 heteroatoms. The van der Waals surface area contributed by atoms with Gasteiger partial charge in [-0.25, -0.2) is 14.4 Å². The van der Waals surface area contributed by atoms with Crippen molar-refractivity contribution in [3.8, 4) is 17.2 Å². The highest BCUT2D eigenvalue weighted by Crippen LogP contribution is 2.46. The maximum atomic E-state index is 14.6. The predicted octanol–water partition coefficient (Wildman–Crippen LogP) is -2.44. The van der Waals surface area contributed by atoms with Crippen LogP contribution in [0.4, 0.5) is 0 Å². The summed E-state index contributed by atoms with van der Waals surface area (Å²) in [6, 6.07) is 16.5. The van der Waals surface area contributed by atoms with Gasteiger partial charge in [0.05, 0.1) is 25.9 Å². The van der Waals surface area contributed by atoms with E-state index in [0.29, 0.717) is 5.56 Å². The lowest BCUT2D eigenvalue weighted by Crippen LogP contribution is -2.70. The first-order valence-corrected chi connectivity index (χ1v) is 25.6. The Hall–Kier alpha value is -6.75. The molecule has 0 amide bonds. The number of aliphatic hydroxyl groups excluding tert-OH is 9. The number of benzene rings is 3. The van der Waals surface area contributed by atoms with Gasteiger partial charge in [0.15, 0.2) is 42.6 Å². The monoisotopic (exact) mass is 1180 g/mol. The van der Waals surface area contributed by atoms with Crippen LogP contribution >= 0.6 is 0 Å². The SMILES string of the molecule is COc1cc(C=CC(=O)O[C@]2(O[C@@H]3O[C@H](COC(C)=O)[C@@H](O)[C@H](O)[C@H]3O)C[C@@H](COC(C)=O)O[C@H](O[C@]3(COC(=O)C=Cc4ccc(O)cc4)O[C@H](CO)[C@@H](O)[C@@H]3OC(=O)c3ccccc3)[C@@H]2O[C@H]2O[C@H](CO)[C@@H](O)[C@H](O)[C@H]2O)ccc1O. The lowest BCUT2D eigenvalue weighted by atomic mass is 9.94. The number of hydrogen-bond donors (Lipinski definition) is 11. The number of aromatic hydroxyl groups is 2. The summed E-state index contributed by atoms with van der Waals surface area (Å²) < 4.78 is 76.8. The van der Waals surface area contributed by atoms with Crippen LogP contribution in [0, 0.1) is 0 Å². The van der Waals surface area contributed by atoms with Crippen LogP contribution in [0.15, 0.2) is 84.9 Å². The molecule has 83 heavy (non-hydrogen) atoms. The largest absolute Gasteiger partial charge is 0.508 e. The van der Waals surface area contributed by atoms with Crippen LogP contribution < -0.4 is 4.74 Å². The zero-order valence-electron chi connectivity index (χ0n) is 44.5. The summed E-state index contributed by atoms with van der Waals surface area (Å²) in [5.74, 6) is -12.2. The zero-order chi connectivity index (χ0) is 60.3. The van der Waals surface area contributed by atoms with Crippen LogP contribution in [0.25, 0.3) is 12.2 Å². The number of ether oxygens (including phenoxy) is 13. The third kappa shape index (κ3) is 15.5. The van der Waals surface area contributed by atoms with Crippen molar-refractivity contribution in [2.24, 2.45) is 0 Å². The molecule has 3 aromatic carbocycles. The first-order valence-electron chi connectivity index (χ1n) is 25.6. The summed E-state index contributed by atoms with van der Waals surface area (Å²) in [7, 11) is 1.25. The molecule has 0 aromatic heterocycles. The minimum absolute atomic E-state index is 0.0399. The van der Waals surface area contributed by atoms with Crippen molar-refractivity contribution >= 4 is 42.0 Å². The van der Waals surface area contributed by atoms with E-state index in [9.17, 15) is 80.1 Å². The van der Waals surface area contributed by atoms with Crippen LogP contribution in [-0.2, 0) is 76.0 Å². The first-order chi connectivity index (χ1) is 39.5. The molecule has 0 saturated carbocycles. The van der Waals surface area contributed by atoms with Crippen molar-refractivity contribution in [2.45, 2.75) is 130 Å². The van der Waals surface area contributed by atoms with Gasteiger partial charge in [0.25, 0.3) is 5.79 Å². The molecule has 0 radical (unpaired) electrons. The Morgan fingerprint density at radius 2 is 1.22 bits per heavy atom. The number of aliphatic hydroxyl groups is 9. The van der Waals surface area contributed by atoms with E-state index in [1.807, 2.05) is 0 Å². The average Bonchev–Trinajstić information content (AvgIpc) is 2.21. The molecule has 0 bridgehead atoms. The van der Waals surface area contributed by atoms with Crippen molar-refractivity contribution in [1.29, 1.82) is 0 Å². The molecule has 0 spiro atoms. The Morgan fingerprint density at radius 1 is 0.614 bits per heavy atom. The van der Waals surface area contributed by atoms with Crippen LogP contribution in [0.2, 0.25) is 0 Å². The second-order valence-corrected chi connectivity index (χ2v) is 19.3. The van der Waals surface area contributed by atoms with Gasteiger partial charge >= 0.3 is 29.8 Å². The van der Waals surface area contributed by atoms with E-state index < -0.39 is 179 Å². The molecule has 3 aromatic rings. The molecular weight excluding hydrogens is 1110 g/mol. The summed E-state index contributed by atoms with van der Waals surface area (Å²) in [6.07, 6.45) is -31.3. The van der Waals surface area contributed by atoms with E-state index in [4.69, 9.17) is 61.6 Å². The number of rotatable bonds is 22. The molecule has 4 saturated heterocycles. The van der Waals surface area contributed by atoms with Crippen molar-refractivity contribution in [1.82, 2.24) is 0 Å². The molecule has 29 nitrogen and oxygen atoms in total. The fourth-order valence-electron chi connectivity index (χ4n) is 9.11. The topological polar surface area (TPSA) is 428 Å². The van der Waals surface area contributed by atoms with Gasteiger partial charge in [-0.05, 0) is 59.7 Å². The number of carbonyl (C=O) groups excluding carboxylic acids is 5. The van der Waals surface area contributed by atoms with E-state index >= 15 is 0 Å². The Morgan fingerprint density at radius 3 is 1.87 bits per heavy atom. The average molecular weight is 1180 g/mol. The van der Waals surface area contributed by atoms with Crippen LogP contribution in [0.3, 0.4) is 0 Å². The zero-order valence-corrected chi connectivity index (χ0v) is 44.5. The van der Waals surface area contributed by atoms with E-state index in [0.717, 1.165) is 32.1 Å². The number of hydrogen-bond acceptors (Lipinski definition) is 29. The van der Waals surface area contributed by atoms with Crippen molar-refractivity contribution < 1.29 is 142 Å². The molecule has 4 heterocycles. The van der Waals surface area contributed by atoms with Gasteiger partial charge in [-0.2, -0.15) is 0 Å². The smallest absolute Gasteiger partial charge is 0.338 e. The molecule has 454 valence electrons. The van der Waals surface area contributed by atoms with Gasteiger partial charge in [-0.1, -0.05) is 36.4 Å². The van der Waals surface area contributed by atoms with Crippen LogP contribution in [0.5, 0.6) is 17.2 Å². The third-order valence-corrected chi connectivity index (χ3v) is 13.4. The van der Waals surface area contributed by atoms with Gasteiger partial charge in [0.1, 0.15) is 92.7 Å². The van der Waals surface area contributed by atoms with Gasteiger partial charge < -0.3 is 118 Å². The maximum absolute atomic E-state index is 14.6. The predicted molar refractivity (Wildman–Crippen MR) is 271 cm³/mol. The molecule has 0 aliphatic carbocycles. The Labute approximate surface area is 471 Å². The summed E-state index contributed by atoms with van der Waals surface area (Å²) in [6.45, 7) is -3.04. The number of methoxy groups -OCH3 is 1. The van der Waals surface area contributed by atoms with Crippen LogP contribution in [0.1, 0.15) is 41.8 Å². The molecule has 4 aliphatic rings. The first kappa shape index (κ1) is 63.8. The lowest BCUT2D eigenvalue weighted by molar-refractivity contribution is -0.458. The molecule has 4 aliphatic heterocycles. The fraction of sp³-hybridized carbons (Fsp3) is 0.500. The Balaban J connectivity index is 1.43. The Kier molecular flexibility index (Phi) is 21.7. The minimum Gasteiger partial charge on any atom is -0.508 e. The van der Waals surface area contributed by atoms with E-state index in [-0.39, 0.29) is 28.4 Å².